The Bertz CT molecular complexity index is 145. The lowest BCUT2D eigenvalue weighted by atomic mass is 10.0. The van der Waals surface area contributed by atoms with Crippen molar-refractivity contribution in [2.75, 3.05) is 6.54 Å². The first kappa shape index (κ1) is 10.6. The Morgan fingerprint density at radius 1 is 1.64 bits per heavy atom. The van der Waals surface area contributed by atoms with Crippen molar-refractivity contribution in [3.05, 3.63) is 0 Å². The summed E-state index contributed by atoms with van der Waals surface area (Å²) in [6, 6.07) is 0.525. The lowest BCUT2D eigenvalue weighted by Gasteiger charge is -2.25. The molecule has 0 saturated carbocycles. The summed E-state index contributed by atoms with van der Waals surface area (Å²) in [5, 5.41) is 3.14. The van der Waals surface area contributed by atoms with Gasteiger partial charge in [0.25, 0.3) is 0 Å². The van der Waals surface area contributed by atoms with E-state index in [1.165, 1.54) is 0 Å². The Balaban J connectivity index is 0.000001000. The maximum absolute atomic E-state index is 5.50. The van der Waals surface area contributed by atoms with Gasteiger partial charge in [-0.25, -0.2) is 0 Å². The maximum Gasteiger partial charge on any atom is 0.188 e. The van der Waals surface area contributed by atoms with E-state index < -0.39 is 0 Å². The van der Waals surface area contributed by atoms with Gasteiger partial charge in [0.15, 0.2) is 5.96 Å². The highest BCUT2D eigenvalue weighted by Gasteiger charge is 2.16. The van der Waals surface area contributed by atoms with Crippen LogP contribution in [0.3, 0.4) is 0 Å². The second kappa shape index (κ2) is 4.44. The van der Waals surface area contributed by atoms with Crippen molar-refractivity contribution < 1.29 is 0 Å². The van der Waals surface area contributed by atoms with Gasteiger partial charge in [-0.05, 0) is 12.3 Å². The van der Waals surface area contributed by atoms with Crippen LogP contribution in [-0.4, -0.2) is 18.5 Å². The Morgan fingerprint density at radius 2 is 2.27 bits per heavy atom. The number of halogens is 1. The Morgan fingerprint density at radius 3 is 2.64 bits per heavy atom. The van der Waals surface area contributed by atoms with E-state index in [2.05, 4.69) is 24.2 Å². The average molecular weight is 178 g/mol. The van der Waals surface area contributed by atoms with Gasteiger partial charge < -0.3 is 11.1 Å². The molecule has 3 nitrogen and oxygen atoms in total. The van der Waals surface area contributed by atoms with Crippen molar-refractivity contribution in [1.29, 1.82) is 0 Å². The first-order chi connectivity index (χ1) is 4.70. The van der Waals surface area contributed by atoms with Crippen LogP contribution < -0.4 is 11.1 Å². The molecule has 1 aliphatic heterocycles. The molecule has 0 aromatic rings. The van der Waals surface area contributed by atoms with Crippen molar-refractivity contribution in [3.8, 4) is 0 Å². The molecule has 3 N–H and O–H groups in total. The van der Waals surface area contributed by atoms with Crippen LogP contribution in [-0.2, 0) is 0 Å². The van der Waals surface area contributed by atoms with Crippen molar-refractivity contribution in [3.63, 3.8) is 0 Å². The van der Waals surface area contributed by atoms with Crippen LogP contribution >= 0.6 is 12.4 Å². The number of nitrogens with zero attached hydrogens (tertiary/aromatic N) is 1. The summed E-state index contributed by atoms with van der Waals surface area (Å²) in [6.45, 7) is 5.26. The van der Waals surface area contributed by atoms with Gasteiger partial charge in [0.05, 0.1) is 0 Å². The summed E-state index contributed by atoms with van der Waals surface area (Å²) in [7, 11) is 0. The smallest absolute Gasteiger partial charge is 0.188 e. The normalized spacial score (nSPS) is 23.5. The van der Waals surface area contributed by atoms with E-state index in [0.29, 0.717) is 17.9 Å². The molecular weight excluding hydrogens is 162 g/mol. The quantitative estimate of drug-likeness (QED) is 0.621. The molecule has 1 heterocycles. The second-order valence-corrected chi connectivity index (χ2v) is 3.05. The van der Waals surface area contributed by atoms with Gasteiger partial charge in [0.2, 0.25) is 0 Å². The number of hydrogen-bond donors (Lipinski definition) is 2. The fourth-order valence-corrected chi connectivity index (χ4v) is 1.13. The van der Waals surface area contributed by atoms with Crippen molar-refractivity contribution >= 4 is 18.4 Å². The predicted molar refractivity (Wildman–Crippen MR) is 50.1 cm³/mol. The minimum Gasteiger partial charge on any atom is -0.370 e. The molecule has 0 spiro atoms. The molecule has 0 aromatic heterocycles. The first-order valence-corrected chi connectivity index (χ1v) is 3.76. The van der Waals surface area contributed by atoms with Crippen LogP contribution in [0.25, 0.3) is 0 Å². The monoisotopic (exact) mass is 177 g/mol. The third-order valence-corrected chi connectivity index (χ3v) is 1.86. The molecule has 4 heteroatoms. The number of guanidine groups is 1. The van der Waals surface area contributed by atoms with E-state index in [1.807, 2.05) is 0 Å². The highest BCUT2D eigenvalue weighted by molar-refractivity contribution is 5.85. The molecule has 1 unspecified atom stereocenters. The largest absolute Gasteiger partial charge is 0.370 e. The van der Waals surface area contributed by atoms with Crippen molar-refractivity contribution in [2.24, 2.45) is 16.6 Å². The van der Waals surface area contributed by atoms with E-state index in [-0.39, 0.29) is 12.4 Å². The summed E-state index contributed by atoms with van der Waals surface area (Å²) in [5.74, 6) is 1.25. The van der Waals surface area contributed by atoms with E-state index >= 15 is 0 Å². The molecular formula is C7H16ClN3. The van der Waals surface area contributed by atoms with Gasteiger partial charge in [0.1, 0.15) is 0 Å². The molecule has 1 aliphatic rings. The molecule has 11 heavy (non-hydrogen) atoms. The third kappa shape index (κ3) is 2.97. The fraction of sp³-hybridized carbons (Fsp3) is 0.857. The molecule has 0 saturated heterocycles. The fourth-order valence-electron chi connectivity index (χ4n) is 1.13. The Hall–Kier alpha value is -0.440. The number of nitrogens with two attached hydrogens (primary N) is 1. The van der Waals surface area contributed by atoms with E-state index in [1.54, 1.807) is 0 Å². The Kier molecular flexibility index (Phi) is 4.26. The minimum atomic E-state index is 0. The van der Waals surface area contributed by atoms with E-state index in [4.69, 9.17) is 5.73 Å². The SMILES string of the molecule is CC(C)C1CCN=C(N)N1.Cl. The van der Waals surface area contributed by atoms with Gasteiger partial charge in [-0.2, -0.15) is 0 Å². The van der Waals surface area contributed by atoms with Crippen LogP contribution in [0.2, 0.25) is 0 Å². The van der Waals surface area contributed by atoms with Gasteiger partial charge in [0, 0.05) is 12.6 Å². The molecule has 0 aliphatic carbocycles. The summed E-state index contributed by atoms with van der Waals surface area (Å²) >= 11 is 0. The van der Waals surface area contributed by atoms with E-state index in [0.717, 1.165) is 13.0 Å². The highest BCUT2D eigenvalue weighted by Crippen LogP contribution is 2.08. The van der Waals surface area contributed by atoms with Crippen molar-refractivity contribution in [1.82, 2.24) is 5.32 Å². The molecule has 0 aromatic carbocycles. The molecule has 0 bridgehead atoms. The zero-order valence-electron chi connectivity index (χ0n) is 7.00. The number of hydrogen-bond acceptors (Lipinski definition) is 3. The molecule has 0 radical (unpaired) electrons. The predicted octanol–water partition coefficient (Wildman–Crippen LogP) is 0.741. The highest BCUT2D eigenvalue weighted by atomic mass is 35.5. The second-order valence-electron chi connectivity index (χ2n) is 3.05. The summed E-state index contributed by atoms with van der Waals surface area (Å²) in [5.41, 5.74) is 5.50. The third-order valence-electron chi connectivity index (χ3n) is 1.86. The van der Waals surface area contributed by atoms with Gasteiger partial charge in [-0.3, -0.25) is 4.99 Å². The zero-order chi connectivity index (χ0) is 7.56. The number of nitrogens with one attached hydrogen (secondary N) is 1. The number of rotatable bonds is 1. The topological polar surface area (TPSA) is 50.4 Å². The summed E-state index contributed by atoms with van der Waals surface area (Å²) in [6.07, 6.45) is 1.11. The molecule has 1 rings (SSSR count). The van der Waals surface area contributed by atoms with E-state index in [9.17, 15) is 0 Å². The molecule has 0 amide bonds. The Labute approximate surface area is 73.9 Å². The average Bonchev–Trinajstić information content (AvgIpc) is 1.88. The number of aliphatic imine (C=N–C) groups is 1. The first-order valence-electron chi connectivity index (χ1n) is 3.76. The van der Waals surface area contributed by atoms with Crippen LogP contribution in [0.4, 0.5) is 0 Å². The van der Waals surface area contributed by atoms with Gasteiger partial charge in [-0.15, -0.1) is 12.4 Å². The van der Waals surface area contributed by atoms with Crippen LogP contribution in [0, 0.1) is 5.92 Å². The molecule has 1 atom stereocenters. The molecule has 0 fully saturated rings. The van der Waals surface area contributed by atoms with Crippen molar-refractivity contribution in [2.45, 2.75) is 26.3 Å². The summed E-state index contributed by atoms with van der Waals surface area (Å²) < 4.78 is 0. The standard InChI is InChI=1S/C7H15N3.ClH/c1-5(2)6-3-4-9-7(8)10-6;/h5-6H,3-4H2,1-2H3,(H3,8,9,10);1H. The minimum absolute atomic E-state index is 0. The van der Waals surface area contributed by atoms with Gasteiger partial charge in [-0.1, -0.05) is 13.8 Å². The van der Waals surface area contributed by atoms with Crippen LogP contribution in [0.5, 0.6) is 0 Å². The van der Waals surface area contributed by atoms with Gasteiger partial charge >= 0.3 is 0 Å². The van der Waals surface area contributed by atoms with Crippen LogP contribution in [0.1, 0.15) is 20.3 Å². The summed E-state index contributed by atoms with van der Waals surface area (Å²) in [4.78, 5) is 4.05. The van der Waals surface area contributed by atoms with Crippen LogP contribution in [0.15, 0.2) is 4.99 Å². The molecule has 66 valence electrons. The zero-order valence-corrected chi connectivity index (χ0v) is 7.82. The lowest BCUT2D eigenvalue weighted by molar-refractivity contribution is 0.417. The lowest BCUT2D eigenvalue weighted by Crippen LogP contribution is -2.46. The maximum atomic E-state index is 5.50.